The molecule has 0 spiro atoms. The number of fused-ring (bicyclic) bond motifs is 7. The number of aryl methyl sites for hydroxylation is 1. The number of aromatic nitrogens is 1. The summed E-state index contributed by atoms with van der Waals surface area (Å²) in [6.45, 7) is 4.96. The molecule has 0 saturated carbocycles. The van der Waals surface area contributed by atoms with Crippen LogP contribution in [0.1, 0.15) is 72.0 Å². The smallest absolute Gasteiger partial charge is 0.242 e. The number of carbonyl (C=O) groups excluding carboxylic acids is 5. The average molecular weight is 707 g/mol. The molecule has 5 aliphatic rings. The SMILES string of the molecule is COC[C@H]1CCCN1C(=O)CN1CC(=O)N2CCC(CC2)c2nc(c(C)s2)CC(=O)N2CC[C@@H](CC(=O)NCc3ccccc3)[C@@H](CC1=O)C2. The van der Waals surface area contributed by atoms with Gasteiger partial charge in [-0.25, -0.2) is 4.98 Å². The lowest BCUT2D eigenvalue weighted by Crippen LogP contribution is -2.51. The summed E-state index contributed by atoms with van der Waals surface area (Å²) >= 11 is 1.64. The van der Waals surface area contributed by atoms with E-state index in [9.17, 15) is 24.0 Å². The second-order valence-electron chi connectivity index (χ2n) is 14.3. The maximum atomic E-state index is 14.3. The van der Waals surface area contributed by atoms with Crippen molar-refractivity contribution in [3.63, 3.8) is 0 Å². The summed E-state index contributed by atoms with van der Waals surface area (Å²) in [5.74, 6) is -1.06. The van der Waals surface area contributed by atoms with Gasteiger partial charge in [0.2, 0.25) is 29.5 Å². The van der Waals surface area contributed by atoms with Crippen molar-refractivity contribution < 1.29 is 28.7 Å². The molecule has 0 radical (unpaired) electrons. The van der Waals surface area contributed by atoms with Gasteiger partial charge in [0.15, 0.2) is 0 Å². The minimum absolute atomic E-state index is 0.0322. The lowest BCUT2D eigenvalue weighted by molar-refractivity contribution is -0.147. The van der Waals surface area contributed by atoms with E-state index in [-0.39, 0.29) is 85.7 Å². The van der Waals surface area contributed by atoms with Crippen molar-refractivity contribution >= 4 is 40.9 Å². The quantitative estimate of drug-likeness (QED) is 0.447. The molecule has 1 aromatic carbocycles. The number of ether oxygens (including phenoxy) is 1. The fraction of sp³-hybridized carbons (Fsp3) is 0.622. The lowest BCUT2D eigenvalue weighted by Gasteiger charge is -2.39. The Balaban J connectivity index is 1.24. The van der Waals surface area contributed by atoms with Crippen molar-refractivity contribution in [1.29, 1.82) is 0 Å². The highest BCUT2D eigenvalue weighted by Crippen LogP contribution is 2.34. The Morgan fingerprint density at radius 3 is 2.48 bits per heavy atom. The number of amides is 5. The maximum absolute atomic E-state index is 14.3. The van der Waals surface area contributed by atoms with Gasteiger partial charge >= 0.3 is 0 Å². The van der Waals surface area contributed by atoms with Gasteiger partial charge in [-0.1, -0.05) is 30.3 Å². The Morgan fingerprint density at radius 2 is 1.72 bits per heavy atom. The van der Waals surface area contributed by atoms with E-state index >= 15 is 0 Å². The van der Waals surface area contributed by atoms with Crippen LogP contribution in [0.3, 0.4) is 0 Å². The van der Waals surface area contributed by atoms with Gasteiger partial charge in [-0.15, -0.1) is 11.3 Å². The first kappa shape index (κ1) is 36.0. The predicted molar refractivity (Wildman–Crippen MR) is 188 cm³/mol. The second kappa shape index (κ2) is 16.5. The van der Waals surface area contributed by atoms with Crippen LogP contribution in [0.15, 0.2) is 30.3 Å². The molecule has 3 saturated heterocycles. The third kappa shape index (κ3) is 8.71. The van der Waals surface area contributed by atoms with Crippen molar-refractivity contribution in [2.45, 2.75) is 76.8 Å². The molecule has 6 heterocycles. The highest BCUT2D eigenvalue weighted by atomic mass is 32.1. The fourth-order valence-electron chi connectivity index (χ4n) is 7.97. The highest BCUT2D eigenvalue weighted by molar-refractivity contribution is 7.11. The number of nitrogens with zero attached hydrogens (tertiary/aromatic N) is 5. The average Bonchev–Trinajstić information content (AvgIpc) is 3.74. The molecule has 0 aliphatic carbocycles. The molecule has 50 heavy (non-hydrogen) atoms. The highest BCUT2D eigenvalue weighted by Gasteiger charge is 2.38. The topological polar surface area (TPSA) is 132 Å². The van der Waals surface area contributed by atoms with Crippen LogP contribution < -0.4 is 5.32 Å². The number of benzene rings is 1. The molecule has 6 bridgehead atoms. The molecule has 2 aromatic rings. The number of nitrogens with one attached hydrogen (secondary N) is 1. The number of hydrogen-bond donors (Lipinski definition) is 1. The molecule has 7 rings (SSSR count). The number of hydrogen-bond acceptors (Lipinski definition) is 8. The Bertz CT molecular complexity index is 1540. The Kier molecular flexibility index (Phi) is 11.8. The predicted octanol–water partition coefficient (Wildman–Crippen LogP) is 2.74. The van der Waals surface area contributed by atoms with Gasteiger partial charge in [-0.2, -0.15) is 0 Å². The van der Waals surface area contributed by atoms with E-state index in [0.717, 1.165) is 46.8 Å². The molecule has 5 aliphatic heterocycles. The van der Waals surface area contributed by atoms with Crippen LogP contribution in [0.2, 0.25) is 0 Å². The molecule has 3 fully saturated rings. The Hall–Kier alpha value is -3.84. The summed E-state index contributed by atoms with van der Waals surface area (Å²) in [5, 5.41) is 4.03. The minimum atomic E-state index is -0.317. The van der Waals surface area contributed by atoms with Crippen LogP contribution in [0.25, 0.3) is 0 Å². The molecular weight excluding hydrogens is 657 g/mol. The minimum Gasteiger partial charge on any atom is -0.383 e. The van der Waals surface area contributed by atoms with Crippen molar-refractivity contribution in [3.8, 4) is 0 Å². The van der Waals surface area contributed by atoms with Crippen LogP contribution in [0.5, 0.6) is 0 Å². The number of rotatable bonds is 8. The Morgan fingerprint density at radius 1 is 0.960 bits per heavy atom. The molecule has 12 nitrogen and oxygen atoms in total. The van der Waals surface area contributed by atoms with E-state index in [4.69, 9.17) is 9.72 Å². The summed E-state index contributed by atoms with van der Waals surface area (Å²) in [4.78, 5) is 81.4. The zero-order valence-corrected chi connectivity index (χ0v) is 30.1. The first-order chi connectivity index (χ1) is 24.2. The molecule has 1 aromatic heterocycles. The van der Waals surface area contributed by atoms with Crippen LogP contribution in [0, 0.1) is 18.8 Å². The van der Waals surface area contributed by atoms with E-state index in [1.165, 1.54) is 4.90 Å². The van der Waals surface area contributed by atoms with Gasteiger partial charge in [0.05, 0.1) is 29.8 Å². The first-order valence-electron chi connectivity index (χ1n) is 18.1. The van der Waals surface area contributed by atoms with Gasteiger partial charge in [-0.3, -0.25) is 24.0 Å². The van der Waals surface area contributed by atoms with Crippen LogP contribution in [0.4, 0.5) is 0 Å². The largest absolute Gasteiger partial charge is 0.383 e. The molecular formula is C37H50N6O6S. The fourth-order valence-corrected chi connectivity index (χ4v) is 9.07. The van der Waals surface area contributed by atoms with Crippen molar-refractivity contribution in [1.82, 2.24) is 29.9 Å². The van der Waals surface area contributed by atoms with Crippen LogP contribution >= 0.6 is 11.3 Å². The normalized spacial score (nSPS) is 24.9. The van der Waals surface area contributed by atoms with Crippen LogP contribution in [-0.4, -0.2) is 120 Å². The molecule has 1 N–H and O–H groups in total. The third-order valence-electron chi connectivity index (χ3n) is 10.9. The summed E-state index contributed by atoms with van der Waals surface area (Å²) in [6.07, 6.45) is 4.24. The second-order valence-corrected chi connectivity index (χ2v) is 15.5. The number of methoxy groups -OCH3 is 1. The number of carbonyl (C=O) groups is 5. The zero-order chi connectivity index (χ0) is 35.2. The molecule has 5 amide bonds. The number of thiazole rings is 1. The summed E-state index contributed by atoms with van der Waals surface area (Å²) in [5.41, 5.74) is 1.80. The number of piperidine rings is 2. The molecule has 13 heteroatoms. The summed E-state index contributed by atoms with van der Waals surface area (Å²) in [6, 6.07) is 9.65. The monoisotopic (exact) mass is 706 g/mol. The van der Waals surface area contributed by atoms with Gasteiger partial charge < -0.3 is 29.7 Å². The van der Waals surface area contributed by atoms with Crippen LogP contribution in [-0.2, 0) is 41.7 Å². The van der Waals surface area contributed by atoms with Crippen molar-refractivity contribution in [3.05, 3.63) is 51.5 Å². The molecule has 3 atom stereocenters. The van der Waals surface area contributed by atoms with Gasteiger partial charge in [-0.05, 0) is 56.4 Å². The van der Waals surface area contributed by atoms with Gasteiger partial charge in [0, 0.05) is 70.0 Å². The lowest BCUT2D eigenvalue weighted by atomic mass is 9.80. The van der Waals surface area contributed by atoms with E-state index in [2.05, 4.69) is 5.32 Å². The third-order valence-corrected chi connectivity index (χ3v) is 12.1. The maximum Gasteiger partial charge on any atom is 0.242 e. The summed E-state index contributed by atoms with van der Waals surface area (Å²) < 4.78 is 5.36. The van der Waals surface area contributed by atoms with E-state index in [1.54, 1.807) is 28.2 Å². The molecule has 270 valence electrons. The van der Waals surface area contributed by atoms with E-state index < -0.39 is 0 Å². The van der Waals surface area contributed by atoms with E-state index in [0.29, 0.717) is 52.3 Å². The van der Waals surface area contributed by atoms with Gasteiger partial charge in [0.1, 0.15) is 13.1 Å². The number of likely N-dealkylation sites (tertiary alicyclic amines) is 1. The van der Waals surface area contributed by atoms with E-state index in [1.807, 2.05) is 42.2 Å². The Labute approximate surface area is 298 Å². The van der Waals surface area contributed by atoms with Gasteiger partial charge in [0.25, 0.3) is 0 Å². The summed E-state index contributed by atoms with van der Waals surface area (Å²) in [7, 11) is 1.62. The van der Waals surface area contributed by atoms with Crippen molar-refractivity contribution in [2.24, 2.45) is 11.8 Å². The molecule has 0 unspecified atom stereocenters. The first-order valence-corrected chi connectivity index (χ1v) is 18.9. The zero-order valence-electron chi connectivity index (χ0n) is 29.3. The standard InChI is InChI=1S/C37H50N6O6S/c1-25-31-19-34(46)41-16-12-28(17-32(44)38-20-26-7-4-3-5-8-26)29(21-41)18-33(45)42(23-36(48)43-13-6-9-30(43)24-49-2)22-35(47)40-14-10-27(11-15-40)37(39-31)50-25/h3-5,7-8,27-30H,6,9-24H2,1-2H3,(H,38,44)/t28-,29-,30+/m0/s1. The van der Waals surface area contributed by atoms with Crippen molar-refractivity contribution in [2.75, 3.05) is 59.5 Å².